The molecule has 0 fully saturated rings. The van der Waals surface area contributed by atoms with Crippen molar-refractivity contribution in [2.75, 3.05) is 0 Å². The fourth-order valence-corrected chi connectivity index (χ4v) is 1.70. The second kappa shape index (κ2) is 11.0. The van der Waals surface area contributed by atoms with Crippen LogP contribution in [0.25, 0.3) is 0 Å². The summed E-state index contributed by atoms with van der Waals surface area (Å²) in [6, 6.07) is 7.58. The second-order valence-corrected chi connectivity index (χ2v) is 5.35. The highest BCUT2D eigenvalue weighted by Crippen LogP contribution is 2.06. The van der Waals surface area contributed by atoms with Crippen LogP contribution in [0.2, 0.25) is 0 Å². The third-order valence-electron chi connectivity index (χ3n) is 3.40. The first kappa shape index (κ1) is 21.4. The number of aliphatic carboxylic acids is 2. The number of rotatable bonds is 7. The molecule has 8 heteroatoms. The molecule has 24 heavy (non-hydrogen) atoms. The van der Waals surface area contributed by atoms with Crippen molar-refractivity contribution in [3.05, 3.63) is 35.9 Å². The number of hydrogen-bond acceptors (Lipinski definition) is 4. The zero-order valence-electron chi connectivity index (χ0n) is 13.9. The van der Waals surface area contributed by atoms with Crippen molar-refractivity contribution in [2.45, 2.75) is 38.8 Å². The van der Waals surface area contributed by atoms with E-state index in [2.05, 4.69) is 4.99 Å². The van der Waals surface area contributed by atoms with Crippen molar-refractivity contribution in [1.29, 1.82) is 0 Å². The van der Waals surface area contributed by atoms with Crippen molar-refractivity contribution in [2.24, 2.45) is 28.1 Å². The highest BCUT2D eigenvalue weighted by atomic mass is 16.4. The lowest BCUT2D eigenvalue weighted by atomic mass is 10.0. The molecule has 0 radical (unpaired) electrons. The Labute approximate surface area is 141 Å². The molecule has 0 aliphatic rings. The van der Waals surface area contributed by atoms with Crippen molar-refractivity contribution in [3.8, 4) is 0 Å². The molecule has 0 aromatic heterocycles. The molecule has 0 heterocycles. The minimum absolute atomic E-state index is 0.0718. The van der Waals surface area contributed by atoms with Crippen molar-refractivity contribution >= 4 is 17.9 Å². The summed E-state index contributed by atoms with van der Waals surface area (Å²) in [5.74, 6) is -2.09. The Morgan fingerprint density at radius 3 is 2.00 bits per heavy atom. The van der Waals surface area contributed by atoms with E-state index in [-0.39, 0.29) is 18.3 Å². The Hall–Kier alpha value is -2.61. The highest BCUT2D eigenvalue weighted by molar-refractivity contribution is 5.81. The van der Waals surface area contributed by atoms with E-state index in [1.54, 1.807) is 0 Å². The maximum Gasteiger partial charge on any atom is 0.328 e. The SMILES string of the molecule is CC[C@H](C)[C@H](N)C(=O)O.NC(N)=N[C@@H](Cc1ccccc1)C(=O)O. The van der Waals surface area contributed by atoms with Gasteiger partial charge in [0.25, 0.3) is 0 Å². The lowest BCUT2D eigenvalue weighted by Gasteiger charge is -2.11. The summed E-state index contributed by atoms with van der Waals surface area (Å²) >= 11 is 0. The van der Waals surface area contributed by atoms with Gasteiger partial charge in [0, 0.05) is 6.42 Å². The minimum Gasteiger partial charge on any atom is -0.480 e. The van der Waals surface area contributed by atoms with Crippen LogP contribution in [-0.2, 0) is 16.0 Å². The lowest BCUT2D eigenvalue weighted by molar-refractivity contribution is -0.140. The maximum absolute atomic E-state index is 10.8. The highest BCUT2D eigenvalue weighted by Gasteiger charge is 2.17. The van der Waals surface area contributed by atoms with Crippen LogP contribution < -0.4 is 17.2 Å². The molecule has 0 saturated carbocycles. The molecule has 0 spiro atoms. The average molecular weight is 338 g/mol. The minimum atomic E-state index is -1.03. The summed E-state index contributed by atoms with van der Waals surface area (Å²) in [5.41, 5.74) is 16.5. The van der Waals surface area contributed by atoms with Crippen LogP contribution in [0, 0.1) is 5.92 Å². The Kier molecular flexibility index (Phi) is 9.81. The van der Waals surface area contributed by atoms with E-state index in [1.165, 1.54) is 0 Å². The topological polar surface area (TPSA) is 165 Å². The second-order valence-electron chi connectivity index (χ2n) is 5.35. The van der Waals surface area contributed by atoms with E-state index >= 15 is 0 Å². The molecule has 0 bridgehead atoms. The van der Waals surface area contributed by atoms with E-state index in [4.69, 9.17) is 27.4 Å². The summed E-state index contributed by atoms with van der Waals surface area (Å²) in [4.78, 5) is 24.6. The number of carboxylic acid groups (broad SMARTS) is 2. The normalized spacial score (nSPS) is 13.6. The number of guanidine groups is 1. The number of nitrogens with two attached hydrogens (primary N) is 3. The van der Waals surface area contributed by atoms with Crippen LogP contribution >= 0.6 is 0 Å². The van der Waals surface area contributed by atoms with Crippen LogP contribution in [-0.4, -0.2) is 40.2 Å². The Bertz CT molecular complexity index is 544. The molecule has 134 valence electrons. The van der Waals surface area contributed by atoms with Crippen molar-refractivity contribution in [1.82, 2.24) is 0 Å². The Balaban J connectivity index is 0.000000506. The zero-order chi connectivity index (χ0) is 18.7. The first-order chi connectivity index (χ1) is 11.2. The quantitative estimate of drug-likeness (QED) is 0.354. The largest absolute Gasteiger partial charge is 0.480 e. The summed E-state index contributed by atoms with van der Waals surface area (Å²) in [5, 5.41) is 17.2. The smallest absolute Gasteiger partial charge is 0.328 e. The molecule has 0 saturated heterocycles. The Morgan fingerprint density at radius 1 is 1.12 bits per heavy atom. The molecule has 3 atom stereocenters. The van der Waals surface area contributed by atoms with E-state index in [0.717, 1.165) is 12.0 Å². The molecule has 0 aliphatic carbocycles. The lowest BCUT2D eigenvalue weighted by Crippen LogP contribution is -2.36. The van der Waals surface area contributed by atoms with E-state index in [0.29, 0.717) is 0 Å². The van der Waals surface area contributed by atoms with Gasteiger partial charge in [-0.25, -0.2) is 9.79 Å². The van der Waals surface area contributed by atoms with Gasteiger partial charge in [0.15, 0.2) is 12.0 Å². The van der Waals surface area contributed by atoms with Crippen LogP contribution in [0.3, 0.4) is 0 Å². The molecule has 8 N–H and O–H groups in total. The van der Waals surface area contributed by atoms with Crippen molar-refractivity contribution < 1.29 is 19.8 Å². The summed E-state index contributed by atoms with van der Waals surface area (Å²) < 4.78 is 0. The predicted octanol–water partition coefficient (Wildman–Crippen LogP) is 0.400. The van der Waals surface area contributed by atoms with Crippen LogP contribution in [0.15, 0.2) is 35.3 Å². The number of benzene rings is 1. The number of carboxylic acids is 2. The van der Waals surface area contributed by atoms with Gasteiger partial charge in [0.1, 0.15) is 6.04 Å². The first-order valence-electron chi connectivity index (χ1n) is 7.52. The zero-order valence-corrected chi connectivity index (χ0v) is 13.9. The fourth-order valence-electron chi connectivity index (χ4n) is 1.70. The molecule has 1 rings (SSSR count). The molecule has 0 amide bonds. The van der Waals surface area contributed by atoms with Crippen LogP contribution in [0.5, 0.6) is 0 Å². The number of hydrogen-bond donors (Lipinski definition) is 5. The summed E-state index contributed by atoms with van der Waals surface area (Å²) in [6.45, 7) is 3.76. The molecule has 8 nitrogen and oxygen atoms in total. The molecule has 1 aromatic carbocycles. The van der Waals surface area contributed by atoms with Gasteiger partial charge in [-0.3, -0.25) is 4.79 Å². The fraction of sp³-hybridized carbons (Fsp3) is 0.438. The van der Waals surface area contributed by atoms with Crippen molar-refractivity contribution in [3.63, 3.8) is 0 Å². The third kappa shape index (κ3) is 8.74. The standard InChI is InChI=1S/C10H13N3O2.C6H13NO2/c11-10(12)13-8(9(14)15)6-7-4-2-1-3-5-7;1-3-4(2)5(7)6(8)9/h1-5,8H,6H2,(H,14,15)(H4,11,12,13);4-5H,3,7H2,1-2H3,(H,8,9)/t8-;4-,5-/m00/s1. The maximum atomic E-state index is 10.8. The van der Waals surface area contributed by atoms with Gasteiger partial charge in [0.2, 0.25) is 0 Å². The van der Waals surface area contributed by atoms with E-state index < -0.39 is 24.0 Å². The average Bonchev–Trinajstić information content (AvgIpc) is 2.53. The summed E-state index contributed by atoms with van der Waals surface area (Å²) in [6.07, 6.45) is 1.10. The van der Waals surface area contributed by atoms with Gasteiger partial charge in [-0.1, -0.05) is 50.6 Å². The van der Waals surface area contributed by atoms with E-state index in [9.17, 15) is 9.59 Å². The summed E-state index contributed by atoms with van der Waals surface area (Å²) in [7, 11) is 0. The van der Waals surface area contributed by atoms with Crippen LogP contribution in [0.4, 0.5) is 0 Å². The van der Waals surface area contributed by atoms with Gasteiger partial charge in [-0.2, -0.15) is 0 Å². The number of carbonyl (C=O) groups is 2. The molecular weight excluding hydrogens is 312 g/mol. The van der Waals surface area contributed by atoms with E-state index in [1.807, 2.05) is 44.2 Å². The van der Waals surface area contributed by atoms with Gasteiger partial charge >= 0.3 is 11.9 Å². The van der Waals surface area contributed by atoms with Gasteiger partial charge in [-0.05, 0) is 11.5 Å². The molecular formula is C16H26N4O4. The van der Waals surface area contributed by atoms with Gasteiger partial charge in [-0.15, -0.1) is 0 Å². The number of aliphatic imine (C=N–C) groups is 1. The molecule has 1 aromatic rings. The first-order valence-corrected chi connectivity index (χ1v) is 7.52. The number of nitrogens with zero attached hydrogens (tertiary/aromatic N) is 1. The van der Waals surface area contributed by atoms with Crippen LogP contribution in [0.1, 0.15) is 25.8 Å². The molecule has 0 aliphatic heterocycles. The Morgan fingerprint density at radius 2 is 1.67 bits per heavy atom. The molecule has 0 unspecified atom stereocenters. The third-order valence-corrected chi connectivity index (χ3v) is 3.40. The predicted molar refractivity (Wildman–Crippen MR) is 92.4 cm³/mol. The van der Waals surface area contributed by atoms with Gasteiger partial charge < -0.3 is 27.4 Å². The van der Waals surface area contributed by atoms with Gasteiger partial charge in [0.05, 0.1) is 0 Å². The monoisotopic (exact) mass is 338 g/mol.